The van der Waals surface area contributed by atoms with Crippen molar-refractivity contribution in [1.82, 2.24) is 0 Å². The molecule has 0 spiro atoms. The second kappa shape index (κ2) is 6.81. The van der Waals surface area contributed by atoms with E-state index in [2.05, 4.69) is 21.2 Å². The van der Waals surface area contributed by atoms with E-state index in [1.54, 1.807) is 24.3 Å². The van der Waals surface area contributed by atoms with Gasteiger partial charge in [0.1, 0.15) is 11.3 Å². The number of benzene rings is 2. The van der Waals surface area contributed by atoms with Gasteiger partial charge >= 0.3 is 5.97 Å². The first-order valence-corrected chi connectivity index (χ1v) is 7.27. The maximum Gasteiger partial charge on any atom is 0.339 e. The van der Waals surface area contributed by atoms with Crippen molar-refractivity contribution in [3.63, 3.8) is 0 Å². The molecule has 0 aliphatic rings. The number of carbonyl (C=O) groups excluding carboxylic acids is 1. The van der Waals surface area contributed by atoms with Gasteiger partial charge in [0.2, 0.25) is 0 Å². The van der Waals surface area contributed by atoms with Gasteiger partial charge < -0.3 is 15.2 Å². The molecule has 0 aromatic heterocycles. The number of hydrogen-bond donors (Lipinski definition) is 2. The predicted molar refractivity (Wildman–Crippen MR) is 87.1 cm³/mol. The molecule has 7 heteroatoms. The third-order valence-corrected chi connectivity index (χ3v) is 3.66. The molecule has 0 radical (unpaired) electrons. The molecule has 0 unspecified atom stereocenters. The van der Waals surface area contributed by atoms with Crippen LogP contribution in [0.1, 0.15) is 20.7 Å². The Bertz CT molecular complexity index is 748. The first-order chi connectivity index (χ1) is 10.4. The van der Waals surface area contributed by atoms with Gasteiger partial charge in [0, 0.05) is 16.1 Å². The molecule has 2 rings (SSSR count). The normalized spacial score (nSPS) is 10.1. The highest BCUT2D eigenvalue weighted by Crippen LogP contribution is 2.31. The van der Waals surface area contributed by atoms with Crippen LogP contribution in [-0.2, 0) is 0 Å². The number of aromatic carboxylic acids is 1. The van der Waals surface area contributed by atoms with Gasteiger partial charge in [-0.25, -0.2) is 4.79 Å². The summed E-state index contributed by atoms with van der Waals surface area (Å²) < 4.78 is 5.78. The molecule has 0 aliphatic carbocycles. The number of hydrogen-bond acceptors (Lipinski definition) is 3. The number of ether oxygens (including phenoxy) is 1. The molecule has 2 aromatic rings. The van der Waals surface area contributed by atoms with Gasteiger partial charge in [-0.05, 0) is 24.3 Å². The molecule has 1 amide bonds. The minimum Gasteiger partial charge on any atom is -0.496 e. The monoisotopic (exact) mass is 383 g/mol. The quantitative estimate of drug-likeness (QED) is 0.833. The van der Waals surface area contributed by atoms with Crippen molar-refractivity contribution in [3.05, 3.63) is 57.0 Å². The van der Waals surface area contributed by atoms with Gasteiger partial charge in [-0.1, -0.05) is 33.6 Å². The lowest BCUT2D eigenvalue weighted by Crippen LogP contribution is -2.13. The summed E-state index contributed by atoms with van der Waals surface area (Å²) in [6.07, 6.45) is 0. The zero-order valence-corrected chi connectivity index (χ0v) is 13.7. The van der Waals surface area contributed by atoms with Gasteiger partial charge in [-0.2, -0.15) is 0 Å². The van der Waals surface area contributed by atoms with E-state index < -0.39 is 5.97 Å². The lowest BCUT2D eigenvalue weighted by atomic mass is 10.1. The zero-order valence-electron chi connectivity index (χ0n) is 11.4. The average molecular weight is 385 g/mol. The molecule has 0 bridgehead atoms. The molecule has 2 N–H and O–H groups in total. The fraction of sp³-hybridized carbons (Fsp3) is 0.0667. The van der Waals surface area contributed by atoms with Crippen LogP contribution in [-0.4, -0.2) is 24.1 Å². The van der Waals surface area contributed by atoms with E-state index in [1.807, 2.05) is 0 Å². The van der Waals surface area contributed by atoms with Crippen LogP contribution < -0.4 is 10.1 Å². The molecular weight excluding hydrogens is 374 g/mol. The van der Waals surface area contributed by atoms with Crippen LogP contribution in [0.4, 0.5) is 5.69 Å². The Morgan fingerprint density at radius 1 is 1.27 bits per heavy atom. The summed E-state index contributed by atoms with van der Waals surface area (Å²) in [5, 5.41) is 11.8. The number of halogens is 2. The van der Waals surface area contributed by atoms with Crippen molar-refractivity contribution in [2.24, 2.45) is 0 Å². The van der Waals surface area contributed by atoms with Gasteiger partial charge in [0.15, 0.2) is 0 Å². The first kappa shape index (κ1) is 16.3. The highest BCUT2D eigenvalue weighted by molar-refractivity contribution is 9.10. The highest BCUT2D eigenvalue weighted by Gasteiger charge is 2.16. The van der Waals surface area contributed by atoms with Crippen molar-refractivity contribution < 1.29 is 19.4 Å². The van der Waals surface area contributed by atoms with Gasteiger partial charge in [0.25, 0.3) is 5.91 Å². The van der Waals surface area contributed by atoms with Crippen molar-refractivity contribution in [2.75, 3.05) is 12.4 Å². The summed E-state index contributed by atoms with van der Waals surface area (Å²) in [5.74, 6) is -1.42. The summed E-state index contributed by atoms with van der Waals surface area (Å²) in [7, 11) is 1.34. The fourth-order valence-electron chi connectivity index (χ4n) is 1.81. The molecule has 5 nitrogen and oxygen atoms in total. The molecular formula is C15H11BrClNO4. The highest BCUT2D eigenvalue weighted by atomic mass is 79.9. The van der Waals surface area contributed by atoms with Crippen LogP contribution in [0.5, 0.6) is 5.75 Å². The zero-order chi connectivity index (χ0) is 16.3. The number of amides is 1. The topological polar surface area (TPSA) is 75.6 Å². The van der Waals surface area contributed by atoms with Crippen LogP contribution in [0, 0.1) is 0 Å². The molecule has 114 valence electrons. The van der Waals surface area contributed by atoms with Gasteiger partial charge in [-0.3, -0.25) is 4.79 Å². The van der Waals surface area contributed by atoms with E-state index in [1.165, 1.54) is 19.2 Å². The lowest BCUT2D eigenvalue weighted by Gasteiger charge is -2.11. The van der Waals surface area contributed by atoms with Crippen LogP contribution in [0.3, 0.4) is 0 Å². The van der Waals surface area contributed by atoms with Crippen LogP contribution in [0.15, 0.2) is 40.9 Å². The minimum absolute atomic E-state index is 0.0760. The fourth-order valence-corrected chi connectivity index (χ4v) is 2.42. The number of carbonyl (C=O) groups is 2. The molecule has 0 fully saturated rings. The van der Waals surface area contributed by atoms with E-state index in [-0.39, 0.29) is 27.9 Å². The maximum atomic E-state index is 12.2. The Hall–Kier alpha value is -2.05. The van der Waals surface area contributed by atoms with E-state index in [4.69, 9.17) is 21.4 Å². The molecule has 0 saturated heterocycles. The van der Waals surface area contributed by atoms with Crippen molar-refractivity contribution in [3.8, 4) is 5.75 Å². The Balaban J connectivity index is 2.33. The van der Waals surface area contributed by atoms with Crippen LogP contribution >= 0.6 is 27.5 Å². The molecule has 0 saturated carbocycles. The summed E-state index contributed by atoms with van der Waals surface area (Å²) in [6, 6.07) is 9.45. The number of carboxylic acids is 1. The SMILES string of the molecule is COc1cc(NC(=O)c2cccc(Br)c2)c(Cl)cc1C(=O)O. The summed E-state index contributed by atoms with van der Waals surface area (Å²) >= 11 is 9.31. The van der Waals surface area contributed by atoms with E-state index >= 15 is 0 Å². The Labute approximate surface area is 140 Å². The van der Waals surface area contributed by atoms with Gasteiger partial charge in [0.05, 0.1) is 17.8 Å². The number of methoxy groups -OCH3 is 1. The van der Waals surface area contributed by atoms with Gasteiger partial charge in [-0.15, -0.1) is 0 Å². The third-order valence-electron chi connectivity index (χ3n) is 2.85. The molecule has 0 heterocycles. The number of anilines is 1. The Morgan fingerprint density at radius 2 is 2.00 bits per heavy atom. The van der Waals surface area contributed by atoms with E-state index in [9.17, 15) is 9.59 Å². The Morgan fingerprint density at radius 3 is 2.59 bits per heavy atom. The summed E-state index contributed by atoms with van der Waals surface area (Å²) in [6.45, 7) is 0. The Kier molecular flexibility index (Phi) is 5.05. The number of carboxylic acid groups (broad SMARTS) is 1. The molecule has 22 heavy (non-hydrogen) atoms. The number of nitrogens with one attached hydrogen (secondary N) is 1. The van der Waals surface area contributed by atoms with Crippen molar-refractivity contribution >= 4 is 45.1 Å². The number of rotatable bonds is 4. The second-order valence-corrected chi connectivity index (χ2v) is 5.62. The average Bonchev–Trinajstić information content (AvgIpc) is 2.48. The first-order valence-electron chi connectivity index (χ1n) is 6.10. The lowest BCUT2D eigenvalue weighted by molar-refractivity contribution is 0.0693. The largest absolute Gasteiger partial charge is 0.496 e. The molecule has 0 atom stereocenters. The predicted octanol–water partition coefficient (Wildman–Crippen LogP) is 4.06. The standard InChI is InChI=1S/C15H11BrClNO4/c1-22-13-7-12(11(17)6-10(13)15(20)21)18-14(19)8-3-2-4-9(16)5-8/h2-7H,1H3,(H,18,19)(H,20,21). The summed E-state index contributed by atoms with van der Waals surface area (Å²) in [5.41, 5.74) is 0.633. The second-order valence-electron chi connectivity index (χ2n) is 4.30. The third kappa shape index (κ3) is 3.58. The van der Waals surface area contributed by atoms with E-state index in [0.29, 0.717) is 5.56 Å². The van der Waals surface area contributed by atoms with Crippen molar-refractivity contribution in [1.29, 1.82) is 0 Å². The van der Waals surface area contributed by atoms with Crippen molar-refractivity contribution in [2.45, 2.75) is 0 Å². The van der Waals surface area contributed by atoms with Crippen LogP contribution in [0.2, 0.25) is 5.02 Å². The molecule has 2 aromatic carbocycles. The maximum absolute atomic E-state index is 12.2. The smallest absolute Gasteiger partial charge is 0.339 e. The molecule has 0 aliphatic heterocycles. The minimum atomic E-state index is -1.16. The summed E-state index contributed by atoms with van der Waals surface area (Å²) in [4.78, 5) is 23.3. The van der Waals surface area contributed by atoms with E-state index in [0.717, 1.165) is 4.47 Å². The van der Waals surface area contributed by atoms with Crippen LogP contribution in [0.25, 0.3) is 0 Å².